The Kier molecular flexibility index (Phi) is 8.90. The number of likely N-dealkylation sites (tertiary alicyclic amines) is 1. The fourth-order valence-corrected chi connectivity index (χ4v) is 13.3. The Morgan fingerprint density at radius 1 is 0.857 bits per heavy atom. The van der Waals surface area contributed by atoms with Gasteiger partial charge in [0.15, 0.2) is 0 Å². The first-order valence-electron chi connectivity index (χ1n) is 17.4. The van der Waals surface area contributed by atoms with Gasteiger partial charge in [0.25, 0.3) is 8.32 Å². The minimum atomic E-state index is -2.95. The summed E-state index contributed by atoms with van der Waals surface area (Å²) in [6.45, 7) is 9.24. The van der Waals surface area contributed by atoms with E-state index in [0.717, 1.165) is 26.9 Å². The molecule has 252 valence electrons. The highest BCUT2D eigenvalue weighted by Crippen LogP contribution is 2.52. The number of carbonyl (C=O) groups is 2. The minimum absolute atomic E-state index is 0.133. The van der Waals surface area contributed by atoms with Crippen LogP contribution in [0.25, 0.3) is 10.8 Å². The van der Waals surface area contributed by atoms with Crippen LogP contribution in [0.15, 0.2) is 108 Å². The fourth-order valence-electron chi connectivity index (χ4n) is 8.80. The summed E-state index contributed by atoms with van der Waals surface area (Å²) in [6, 6.07) is 31.9. The molecule has 0 radical (unpaired) electrons. The molecule has 4 atom stereocenters. The van der Waals surface area contributed by atoms with Crippen molar-refractivity contribution >= 4 is 48.4 Å². The molecule has 4 aromatic rings. The number of allylic oxidation sites excluding steroid dienone is 1. The minimum Gasteiger partial charge on any atom is -0.507 e. The highest BCUT2D eigenvalue weighted by molar-refractivity contribution is 6.99. The normalized spacial score (nSPS) is 22.9. The second kappa shape index (κ2) is 13.0. The zero-order valence-corrected chi connectivity index (χ0v) is 29.6. The SMILES string of the molecule is CCCN1C(=O)[C@H]2[C@H](CC(CO[Si](c3ccccc3)(c3ccccc3)C(C)(C)C)=C3B(O)O[C@H](c4ccc(O)c5ccccc45)C[C@H]32)C1=O. The third-order valence-corrected chi connectivity index (χ3v) is 15.9. The Morgan fingerprint density at radius 3 is 2.08 bits per heavy atom. The molecule has 49 heavy (non-hydrogen) atoms. The molecule has 0 aromatic heterocycles. The van der Waals surface area contributed by atoms with Crippen molar-refractivity contribution in [2.75, 3.05) is 13.2 Å². The number of carbonyl (C=O) groups excluding carboxylic acids is 2. The summed E-state index contributed by atoms with van der Waals surface area (Å²) in [7, 11) is -4.23. The maximum Gasteiger partial charge on any atom is 0.487 e. The molecular weight excluding hydrogens is 629 g/mol. The molecule has 0 unspecified atom stereocenters. The summed E-state index contributed by atoms with van der Waals surface area (Å²) in [4.78, 5) is 29.4. The van der Waals surface area contributed by atoms with Crippen molar-refractivity contribution < 1.29 is 28.8 Å². The Bertz CT molecular complexity index is 1870. The number of rotatable bonds is 8. The third-order valence-electron chi connectivity index (χ3n) is 10.9. The fraction of sp³-hybridized carbons (Fsp3) is 0.350. The van der Waals surface area contributed by atoms with Crippen molar-refractivity contribution in [1.29, 1.82) is 0 Å². The lowest BCUT2D eigenvalue weighted by Gasteiger charge is -2.45. The van der Waals surface area contributed by atoms with Crippen LogP contribution in [0.2, 0.25) is 5.04 Å². The van der Waals surface area contributed by atoms with E-state index in [9.17, 15) is 19.7 Å². The molecule has 7 rings (SSSR count). The molecule has 2 N–H and O–H groups in total. The lowest BCUT2D eigenvalue weighted by molar-refractivity contribution is -0.140. The molecular formula is C40H44BNO6Si. The second-order valence-corrected chi connectivity index (χ2v) is 19.0. The van der Waals surface area contributed by atoms with Gasteiger partial charge in [0.2, 0.25) is 11.8 Å². The van der Waals surface area contributed by atoms with Crippen molar-refractivity contribution in [2.45, 2.75) is 58.1 Å². The van der Waals surface area contributed by atoms with Crippen LogP contribution >= 0.6 is 0 Å². The van der Waals surface area contributed by atoms with Crippen LogP contribution in [-0.4, -0.2) is 55.4 Å². The van der Waals surface area contributed by atoms with Gasteiger partial charge in [0.05, 0.1) is 24.5 Å². The predicted molar refractivity (Wildman–Crippen MR) is 195 cm³/mol. The van der Waals surface area contributed by atoms with E-state index in [1.165, 1.54) is 4.90 Å². The number of hydrogen-bond acceptors (Lipinski definition) is 6. The first-order valence-corrected chi connectivity index (χ1v) is 19.3. The molecule has 4 aromatic carbocycles. The van der Waals surface area contributed by atoms with Gasteiger partial charge in [-0.2, -0.15) is 0 Å². The lowest BCUT2D eigenvalue weighted by Crippen LogP contribution is -2.66. The number of amides is 2. The summed E-state index contributed by atoms with van der Waals surface area (Å²) in [6.07, 6.45) is 0.894. The number of nitrogens with zero attached hydrogens (tertiary/aromatic N) is 1. The summed E-state index contributed by atoms with van der Waals surface area (Å²) in [5.41, 5.74) is 2.36. The van der Waals surface area contributed by atoms with Crippen molar-refractivity contribution in [3.63, 3.8) is 0 Å². The van der Waals surface area contributed by atoms with Crippen molar-refractivity contribution in [1.82, 2.24) is 4.90 Å². The summed E-state index contributed by atoms with van der Waals surface area (Å²) < 4.78 is 13.8. The van der Waals surface area contributed by atoms with Crippen LogP contribution < -0.4 is 10.4 Å². The highest BCUT2D eigenvalue weighted by Gasteiger charge is 2.58. The van der Waals surface area contributed by atoms with Gasteiger partial charge >= 0.3 is 7.12 Å². The average molecular weight is 674 g/mol. The van der Waals surface area contributed by atoms with Crippen molar-refractivity contribution in [2.24, 2.45) is 17.8 Å². The first-order chi connectivity index (χ1) is 23.6. The van der Waals surface area contributed by atoms with Crippen molar-refractivity contribution in [3.8, 4) is 5.75 Å². The van der Waals surface area contributed by atoms with Crippen LogP contribution in [0, 0.1) is 17.8 Å². The Morgan fingerprint density at radius 2 is 1.47 bits per heavy atom. The van der Waals surface area contributed by atoms with Gasteiger partial charge in [0.1, 0.15) is 5.75 Å². The number of aromatic hydroxyl groups is 1. The van der Waals surface area contributed by atoms with Gasteiger partial charge in [-0.25, -0.2) is 0 Å². The van der Waals surface area contributed by atoms with Crippen LogP contribution in [0.1, 0.15) is 58.6 Å². The van der Waals surface area contributed by atoms with E-state index in [1.807, 2.05) is 49.4 Å². The van der Waals surface area contributed by atoms with Gasteiger partial charge in [-0.3, -0.25) is 14.5 Å². The Labute approximate surface area is 289 Å². The topological polar surface area (TPSA) is 96.3 Å². The standard InChI is InChI=1S/C40H44BNO6Si/c1-5-22-42-38(44)33-23-26(25-47-49(40(2,3)4,27-14-8-6-9-15-27)28-16-10-7-11-17-28)37-32(36(33)39(42)45)24-35(48-41(37)46)31-20-21-34(43)30-19-13-12-18-29(30)31/h6-21,32-33,35-36,43,46H,5,22-25H2,1-4H3/t32-,33-,35-,36+/m0/s1. The Hall–Kier alpha value is -4.02. The summed E-state index contributed by atoms with van der Waals surface area (Å²) in [5, 5.41) is 26.1. The van der Waals surface area contributed by atoms with Crippen LogP contribution in [0.5, 0.6) is 5.75 Å². The summed E-state index contributed by atoms with van der Waals surface area (Å²) >= 11 is 0. The molecule has 2 heterocycles. The van der Waals surface area contributed by atoms with Crippen LogP contribution in [0.3, 0.4) is 0 Å². The quantitative estimate of drug-likeness (QED) is 0.178. The monoisotopic (exact) mass is 673 g/mol. The summed E-state index contributed by atoms with van der Waals surface area (Å²) in [5.74, 6) is -1.62. The molecule has 2 saturated heterocycles. The molecule has 3 aliphatic rings. The molecule has 0 saturated carbocycles. The molecule has 0 bridgehead atoms. The van der Waals surface area contributed by atoms with E-state index in [1.54, 1.807) is 6.07 Å². The smallest absolute Gasteiger partial charge is 0.487 e. The first kappa shape index (κ1) is 33.5. The average Bonchev–Trinajstić information content (AvgIpc) is 3.33. The molecule has 7 nitrogen and oxygen atoms in total. The number of hydrogen-bond donors (Lipinski definition) is 2. The Balaban J connectivity index is 1.33. The third kappa shape index (κ3) is 5.57. The van der Waals surface area contributed by atoms with Crippen LogP contribution in [-0.2, 0) is 18.7 Å². The van der Waals surface area contributed by atoms with Gasteiger partial charge in [-0.1, -0.05) is 119 Å². The molecule has 2 fully saturated rings. The van der Waals surface area contributed by atoms with E-state index in [4.69, 9.17) is 9.08 Å². The van der Waals surface area contributed by atoms with Gasteiger partial charge in [0, 0.05) is 11.9 Å². The molecule has 1 aliphatic carbocycles. The molecule has 0 spiro atoms. The highest BCUT2D eigenvalue weighted by atomic mass is 28.4. The number of benzene rings is 4. The van der Waals surface area contributed by atoms with E-state index >= 15 is 0 Å². The molecule has 9 heteroatoms. The number of phenolic OH excluding ortho intramolecular Hbond substituents is 1. The zero-order chi connectivity index (χ0) is 34.5. The van der Waals surface area contributed by atoms with Crippen LogP contribution in [0.4, 0.5) is 0 Å². The predicted octanol–water partition coefficient (Wildman–Crippen LogP) is 5.93. The molecule has 2 aliphatic heterocycles. The van der Waals surface area contributed by atoms with Gasteiger partial charge in [-0.05, 0) is 68.7 Å². The van der Waals surface area contributed by atoms with Gasteiger partial charge in [-0.15, -0.1) is 0 Å². The zero-order valence-electron chi connectivity index (χ0n) is 28.6. The second-order valence-electron chi connectivity index (χ2n) is 14.7. The number of imide groups is 1. The maximum atomic E-state index is 14.0. The lowest BCUT2D eigenvalue weighted by atomic mass is 9.55. The van der Waals surface area contributed by atoms with Gasteiger partial charge < -0.3 is 19.2 Å². The van der Waals surface area contributed by atoms with Crippen molar-refractivity contribution in [3.05, 3.63) is 114 Å². The number of phenols is 1. The van der Waals surface area contributed by atoms with E-state index in [0.29, 0.717) is 36.7 Å². The number of fused-ring (bicyclic) bond motifs is 4. The molecule has 2 amide bonds. The largest absolute Gasteiger partial charge is 0.507 e. The van der Waals surface area contributed by atoms with E-state index < -0.39 is 39.3 Å². The van der Waals surface area contributed by atoms with E-state index in [-0.39, 0.29) is 29.2 Å². The maximum absolute atomic E-state index is 14.0. The van der Waals surface area contributed by atoms with E-state index in [2.05, 4.69) is 69.3 Å².